The van der Waals surface area contributed by atoms with Gasteiger partial charge < -0.3 is 14.4 Å². The van der Waals surface area contributed by atoms with Crippen molar-refractivity contribution in [1.82, 2.24) is 9.80 Å². The molecule has 31 heavy (non-hydrogen) atoms. The van der Waals surface area contributed by atoms with Crippen LogP contribution in [0.25, 0.3) is 0 Å². The summed E-state index contributed by atoms with van der Waals surface area (Å²) in [4.78, 5) is 29.7. The molecule has 2 heterocycles. The smallest absolute Gasteiger partial charge is 0.410 e. The molecule has 6 nitrogen and oxygen atoms in total. The average molecular weight is 423 g/mol. The molecule has 1 unspecified atom stereocenters. The SMILES string of the molecule is COc1cccc(C[C@@H]2CCCN2C(=O)C2CCCN2C(=O)OCc2ccccc2)c1. The number of carbonyl (C=O) groups is 2. The number of hydrogen-bond acceptors (Lipinski definition) is 4. The van der Waals surface area contributed by atoms with Gasteiger partial charge in [0.1, 0.15) is 18.4 Å². The molecular weight excluding hydrogens is 392 g/mol. The van der Waals surface area contributed by atoms with Crippen molar-refractivity contribution in [3.8, 4) is 5.75 Å². The van der Waals surface area contributed by atoms with Crippen molar-refractivity contribution in [3.05, 3.63) is 65.7 Å². The van der Waals surface area contributed by atoms with E-state index in [0.29, 0.717) is 13.0 Å². The first-order valence-electron chi connectivity index (χ1n) is 11.1. The lowest BCUT2D eigenvalue weighted by Crippen LogP contribution is -2.49. The molecule has 0 spiro atoms. The fourth-order valence-electron chi connectivity index (χ4n) is 4.65. The molecule has 2 aliphatic rings. The Bertz CT molecular complexity index is 901. The number of hydrogen-bond donors (Lipinski definition) is 0. The van der Waals surface area contributed by atoms with E-state index in [1.165, 1.54) is 0 Å². The lowest BCUT2D eigenvalue weighted by Gasteiger charge is -2.31. The van der Waals surface area contributed by atoms with E-state index in [4.69, 9.17) is 9.47 Å². The molecule has 2 aromatic rings. The van der Waals surface area contributed by atoms with Crippen LogP contribution in [0.15, 0.2) is 54.6 Å². The summed E-state index contributed by atoms with van der Waals surface area (Å²) in [6.45, 7) is 1.54. The highest BCUT2D eigenvalue weighted by Crippen LogP contribution is 2.28. The predicted molar refractivity (Wildman–Crippen MR) is 118 cm³/mol. The maximum Gasteiger partial charge on any atom is 0.410 e. The van der Waals surface area contributed by atoms with Crippen LogP contribution in [0.2, 0.25) is 0 Å². The first-order chi connectivity index (χ1) is 15.2. The van der Waals surface area contributed by atoms with E-state index < -0.39 is 12.1 Å². The second-order valence-corrected chi connectivity index (χ2v) is 8.27. The maximum absolute atomic E-state index is 13.4. The third-order valence-electron chi connectivity index (χ3n) is 6.24. The van der Waals surface area contributed by atoms with Crippen LogP contribution in [-0.2, 0) is 22.6 Å². The minimum Gasteiger partial charge on any atom is -0.497 e. The van der Waals surface area contributed by atoms with Gasteiger partial charge in [0.15, 0.2) is 0 Å². The van der Waals surface area contributed by atoms with Crippen LogP contribution in [-0.4, -0.2) is 54.1 Å². The second-order valence-electron chi connectivity index (χ2n) is 8.27. The van der Waals surface area contributed by atoms with Crippen LogP contribution in [0, 0.1) is 0 Å². The summed E-state index contributed by atoms with van der Waals surface area (Å²) in [6.07, 6.45) is 3.89. The van der Waals surface area contributed by atoms with Crippen LogP contribution >= 0.6 is 0 Å². The number of methoxy groups -OCH3 is 1. The molecule has 2 aromatic carbocycles. The van der Waals surface area contributed by atoms with Crippen molar-refractivity contribution < 1.29 is 19.1 Å². The Labute approximate surface area is 183 Å². The van der Waals surface area contributed by atoms with E-state index >= 15 is 0 Å². The van der Waals surface area contributed by atoms with Crippen LogP contribution in [0.5, 0.6) is 5.75 Å². The number of carbonyl (C=O) groups excluding carboxylic acids is 2. The minimum absolute atomic E-state index is 0.0551. The van der Waals surface area contributed by atoms with E-state index in [9.17, 15) is 9.59 Å². The minimum atomic E-state index is -0.422. The first-order valence-corrected chi connectivity index (χ1v) is 11.1. The summed E-state index contributed by atoms with van der Waals surface area (Å²) in [5, 5.41) is 0. The van der Waals surface area contributed by atoms with E-state index in [2.05, 4.69) is 6.07 Å². The summed E-state index contributed by atoms with van der Waals surface area (Å²) < 4.78 is 10.8. The molecule has 164 valence electrons. The van der Waals surface area contributed by atoms with E-state index in [1.807, 2.05) is 53.4 Å². The molecule has 0 radical (unpaired) electrons. The molecule has 0 bridgehead atoms. The monoisotopic (exact) mass is 422 g/mol. The molecule has 2 fully saturated rings. The molecule has 2 saturated heterocycles. The van der Waals surface area contributed by atoms with Gasteiger partial charge in [0.05, 0.1) is 7.11 Å². The standard InChI is InChI=1S/C25H30N2O4/c1-30-22-12-5-10-20(17-22)16-21-11-6-14-26(21)24(28)23-13-7-15-27(23)25(29)31-18-19-8-3-2-4-9-19/h2-5,8-10,12,17,21,23H,6-7,11,13-16,18H2,1H3/t21-,23?/m0/s1. The Morgan fingerprint density at radius 1 is 0.935 bits per heavy atom. The van der Waals surface area contributed by atoms with Gasteiger partial charge in [0, 0.05) is 19.1 Å². The zero-order valence-corrected chi connectivity index (χ0v) is 18.0. The Kier molecular flexibility index (Phi) is 6.75. The Morgan fingerprint density at radius 2 is 1.68 bits per heavy atom. The molecule has 4 rings (SSSR count). The lowest BCUT2D eigenvalue weighted by molar-refractivity contribution is -0.136. The Hall–Kier alpha value is -3.02. The van der Waals surface area contributed by atoms with Gasteiger partial charge in [-0.2, -0.15) is 0 Å². The molecule has 0 aliphatic carbocycles. The van der Waals surface area contributed by atoms with E-state index in [1.54, 1.807) is 12.0 Å². The van der Waals surface area contributed by atoms with Crippen molar-refractivity contribution in [2.45, 2.75) is 50.8 Å². The van der Waals surface area contributed by atoms with Gasteiger partial charge in [-0.25, -0.2) is 4.79 Å². The molecule has 6 heteroatoms. The molecule has 0 saturated carbocycles. The summed E-state index contributed by atoms with van der Waals surface area (Å²) in [5.41, 5.74) is 2.10. The van der Waals surface area contributed by atoms with Crippen LogP contribution in [0.4, 0.5) is 4.79 Å². The number of amides is 2. The number of benzene rings is 2. The zero-order valence-electron chi connectivity index (χ0n) is 18.0. The highest BCUT2D eigenvalue weighted by Gasteiger charge is 2.40. The van der Waals surface area contributed by atoms with Crippen molar-refractivity contribution >= 4 is 12.0 Å². The summed E-state index contributed by atoms with van der Waals surface area (Å²) >= 11 is 0. The van der Waals surface area contributed by atoms with Gasteiger partial charge >= 0.3 is 6.09 Å². The normalized spacial score (nSPS) is 20.7. The fourth-order valence-corrected chi connectivity index (χ4v) is 4.65. The predicted octanol–water partition coefficient (Wildman–Crippen LogP) is 4.03. The number of nitrogens with zero attached hydrogens (tertiary/aromatic N) is 2. The number of rotatable bonds is 6. The molecule has 2 amide bonds. The molecule has 2 atom stereocenters. The van der Waals surface area contributed by atoms with Crippen molar-refractivity contribution in [3.63, 3.8) is 0 Å². The van der Waals surface area contributed by atoms with Crippen molar-refractivity contribution in [1.29, 1.82) is 0 Å². The van der Waals surface area contributed by atoms with Gasteiger partial charge in [0.2, 0.25) is 5.91 Å². The highest BCUT2D eigenvalue weighted by atomic mass is 16.6. The van der Waals surface area contributed by atoms with Gasteiger partial charge in [-0.3, -0.25) is 9.69 Å². The third kappa shape index (κ3) is 5.01. The van der Waals surface area contributed by atoms with Gasteiger partial charge in [-0.15, -0.1) is 0 Å². The van der Waals surface area contributed by atoms with Crippen molar-refractivity contribution in [2.24, 2.45) is 0 Å². The molecule has 0 N–H and O–H groups in total. The van der Waals surface area contributed by atoms with Crippen LogP contribution in [0.1, 0.15) is 36.8 Å². The summed E-state index contributed by atoms with van der Waals surface area (Å²) in [6, 6.07) is 17.4. The van der Waals surface area contributed by atoms with Gasteiger partial charge in [-0.1, -0.05) is 42.5 Å². The van der Waals surface area contributed by atoms with Crippen LogP contribution < -0.4 is 4.74 Å². The fraction of sp³-hybridized carbons (Fsp3) is 0.440. The number of ether oxygens (including phenoxy) is 2. The quantitative estimate of drug-likeness (QED) is 0.705. The van der Waals surface area contributed by atoms with Gasteiger partial charge in [-0.05, 0) is 55.4 Å². The van der Waals surface area contributed by atoms with E-state index in [0.717, 1.165) is 49.1 Å². The molecule has 2 aliphatic heterocycles. The second kappa shape index (κ2) is 9.86. The third-order valence-corrected chi connectivity index (χ3v) is 6.24. The Morgan fingerprint density at radius 3 is 2.48 bits per heavy atom. The van der Waals surface area contributed by atoms with Crippen LogP contribution in [0.3, 0.4) is 0 Å². The Balaban J connectivity index is 1.39. The topological polar surface area (TPSA) is 59.1 Å². The van der Waals surface area contributed by atoms with Gasteiger partial charge in [0.25, 0.3) is 0 Å². The molecular formula is C25H30N2O4. The van der Waals surface area contributed by atoms with E-state index in [-0.39, 0.29) is 18.6 Å². The highest BCUT2D eigenvalue weighted by molar-refractivity contribution is 5.86. The maximum atomic E-state index is 13.4. The average Bonchev–Trinajstić information content (AvgIpc) is 3.48. The summed E-state index contributed by atoms with van der Waals surface area (Å²) in [5.74, 6) is 0.885. The zero-order chi connectivity index (χ0) is 21.6. The van der Waals surface area contributed by atoms with Crippen molar-refractivity contribution in [2.75, 3.05) is 20.2 Å². The number of likely N-dealkylation sites (tertiary alicyclic amines) is 2. The summed E-state index contributed by atoms with van der Waals surface area (Å²) in [7, 11) is 1.66. The largest absolute Gasteiger partial charge is 0.497 e. The lowest BCUT2D eigenvalue weighted by atomic mass is 10.0. The first kappa shape index (κ1) is 21.2. The molecule has 0 aromatic heterocycles.